The van der Waals surface area contributed by atoms with E-state index in [9.17, 15) is 9.59 Å². The second-order valence-corrected chi connectivity index (χ2v) is 12.5. The van der Waals surface area contributed by atoms with Gasteiger partial charge in [0, 0.05) is 29.3 Å². The summed E-state index contributed by atoms with van der Waals surface area (Å²) in [6.07, 6.45) is 6.53. The Balaban J connectivity index is 1.26. The molecule has 0 saturated carbocycles. The summed E-state index contributed by atoms with van der Waals surface area (Å²) in [4.78, 5) is 26.8. The number of hydrogen-bond donors (Lipinski definition) is 1. The van der Waals surface area contributed by atoms with Crippen LogP contribution in [0.4, 0.5) is 0 Å². The molecular weight excluding hydrogens is 604 g/mol. The van der Waals surface area contributed by atoms with Gasteiger partial charge in [-0.25, -0.2) is 14.6 Å². The highest BCUT2D eigenvalue weighted by Gasteiger charge is 2.31. The SMILES string of the molecule is CCCCCc1c(Cc2ccc(-c3ccccc3-c3nnn[nH]3)cc2)c(=O)n2n1C(C)CCC2COCc1ccccc1C(=O)OCC. The molecular formula is C38H44N6O4. The molecule has 1 aliphatic rings. The van der Waals surface area contributed by atoms with Crippen LogP contribution in [0, 0.1) is 0 Å². The Bertz CT molecular complexity index is 1880. The van der Waals surface area contributed by atoms with Gasteiger partial charge in [-0.1, -0.05) is 86.5 Å². The number of carbonyl (C=O) groups excluding carboxylic acids is 1. The number of aromatic nitrogens is 6. The van der Waals surface area contributed by atoms with Crippen LogP contribution < -0.4 is 5.56 Å². The lowest BCUT2D eigenvalue weighted by Crippen LogP contribution is -2.36. The normalized spacial score (nSPS) is 15.7. The number of H-pyrrole nitrogens is 1. The number of nitrogens with zero attached hydrogens (tertiary/aromatic N) is 5. The molecule has 48 heavy (non-hydrogen) atoms. The van der Waals surface area contributed by atoms with Crippen molar-refractivity contribution in [3.05, 3.63) is 111 Å². The second-order valence-electron chi connectivity index (χ2n) is 12.5. The average Bonchev–Trinajstić information content (AvgIpc) is 3.74. The van der Waals surface area contributed by atoms with Crippen molar-refractivity contribution < 1.29 is 14.3 Å². The maximum absolute atomic E-state index is 14.3. The van der Waals surface area contributed by atoms with Crippen molar-refractivity contribution in [3.8, 4) is 22.5 Å². The third-order valence-electron chi connectivity index (χ3n) is 9.28. The summed E-state index contributed by atoms with van der Waals surface area (Å²) in [6.45, 7) is 7.19. The Kier molecular flexibility index (Phi) is 10.6. The summed E-state index contributed by atoms with van der Waals surface area (Å²) in [5.41, 5.74) is 7.49. The molecule has 0 radical (unpaired) electrons. The van der Waals surface area contributed by atoms with Crippen LogP contribution in [0.1, 0.15) is 97.7 Å². The summed E-state index contributed by atoms with van der Waals surface area (Å²) >= 11 is 0. The fourth-order valence-corrected chi connectivity index (χ4v) is 6.85. The minimum atomic E-state index is -0.348. The average molecular weight is 649 g/mol. The van der Waals surface area contributed by atoms with Crippen LogP contribution in [0.2, 0.25) is 0 Å². The summed E-state index contributed by atoms with van der Waals surface area (Å²) < 4.78 is 15.7. The van der Waals surface area contributed by atoms with Crippen molar-refractivity contribution in [3.63, 3.8) is 0 Å². The van der Waals surface area contributed by atoms with Gasteiger partial charge in [0.1, 0.15) is 0 Å². The van der Waals surface area contributed by atoms with Crippen molar-refractivity contribution in [1.29, 1.82) is 0 Å². The van der Waals surface area contributed by atoms with E-state index in [2.05, 4.69) is 69.5 Å². The molecule has 3 heterocycles. The van der Waals surface area contributed by atoms with E-state index in [4.69, 9.17) is 9.47 Å². The molecule has 0 saturated heterocycles. The van der Waals surface area contributed by atoms with Crippen molar-refractivity contribution in [1.82, 2.24) is 30.0 Å². The lowest BCUT2D eigenvalue weighted by Gasteiger charge is -2.32. The van der Waals surface area contributed by atoms with E-state index in [1.807, 2.05) is 41.1 Å². The number of benzene rings is 3. The molecule has 1 N–H and O–H groups in total. The van der Waals surface area contributed by atoms with Crippen molar-refractivity contribution >= 4 is 5.97 Å². The van der Waals surface area contributed by atoms with E-state index in [-0.39, 0.29) is 30.2 Å². The van der Waals surface area contributed by atoms with E-state index in [0.717, 1.165) is 77.6 Å². The zero-order chi connectivity index (χ0) is 33.5. The molecule has 10 heteroatoms. The molecule has 0 bridgehead atoms. The fourth-order valence-electron chi connectivity index (χ4n) is 6.85. The summed E-state index contributed by atoms with van der Waals surface area (Å²) in [7, 11) is 0. The highest BCUT2D eigenvalue weighted by atomic mass is 16.5. The number of tetrazole rings is 1. The predicted octanol–water partition coefficient (Wildman–Crippen LogP) is 7.11. The third kappa shape index (κ3) is 7.04. The highest BCUT2D eigenvalue weighted by molar-refractivity contribution is 5.91. The van der Waals surface area contributed by atoms with Gasteiger partial charge in [0.05, 0.1) is 31.4 Å². The number of carbonyl (C=O) groups is 1. The quantitative estimate of drug-likeness (QED) is 0.101. The van der Waals surface area contributed by atoms with Gasteiger partial charge >= 0.3 is 5.97 Å². The summed E-state index contributed by atoms with van der Waals surface area (Å²) in [5.74, 6) is 0.272. The van der Waals surface area contributed by atoms with E-state index in [1.54, 1.807) is 13.0 Å². The Morgan fingerprint density at radius 3 is 2.46 bits per heavy atom. The summed E-state index contributed by atoms with van der Waals surface area (Å²) in [6, 6.07) is 24.0. The minimum Gasteiger partial charge on any atom is -0.462 e. The number of esters is 1. The lowest BCUT2D eigenvalue weighted by atomic mass is 9.96. The number of nitrogens with one attached hydrogen (secondary N) is 1. The lowest BCUT2D eigenvalue weighted by molar-refractivity contribution is 0.0496. The molecule has 10 nitrogen and oxygen atoms in total. The number of rotatable bonds is 14. The van der Waals surface area contributed by atoms with E-state index >= 15 is 0 Å². The number of hydrogen-bond acceptors (Lipinski definition) is 7. The van der Waals surface area contributed by atoms with Gasteiger partial charge in [-0.05, 0) is 78.3 Å². The molecule has 0 fully saturated rings. The van der Waals surface area contributed by atoms with Gasteiger partial charge in [-0.3, -0.25) is 9.48 Å². The van der Waals surface area contributed by atoms with Crippen molar-refractivity contribution in [2.75, 3.05) is 13.2 Å². The van der Waals surface area contributed by atoms with Crippen LogP contribution in [-0.4, -0.2) is 49.2 Å². The van der Waals surface area contributed by atoms with Crippen LogP contribution in [0.5, 0.6) is 0 Å². The number of fused-ring (bicyclic) bond motifs is 1. The second kappa shape index (κ2) is 15.4. The van der Waals surface area contributed by atoms with Crippen LogP contribution in [0.25, 0.3) is 22.5 Å². The topological polar surface area (TPSA) is 117 Å². The Hall–Kier alpha value is -4.83. The molecule has 0 spiro atoms. The molecule has 3 aromatic carbocycles. The number of ether oxygens (including phenoxy) is 2. The maximum atomic E-state index is 14.3. The Labute approximate surface area is 281 Å². The first kappa shape index (κ1) is 33.1. The van der Waals surface area contributed by atoms with Crippen molar-refractivity contribution in [2.45, 2.75) is 84.4 Å². The fraction of sp³-hybridized carbons (Fsp3) is 0.395. The molecule has 0 aliphatic carbocycles. The van der Waals surface area contributed by atoms with Crippen LogP contribution >= 0.6 is 0 Å². The van der Waals surface area contributed by atoms with Crippen molar-refractivity contribution in [2.24, 2.45) is 0 Å². The van der Waals surface area contributed by atoms with Gasteiger partial charge in [-0.15, -0.1) is 5.10 Å². The Morgan fingerprint density at radius 1 is 0.938 bits per heavy atom. The maximum Gasteiger partial charge on any atom is 0.338 e. The number of unbranched alkanes of at least 4 members (excludes halogenated alkanes) is 2. The summed E-state index contributed by atoms with van der Waals surface area (Å²) in [5, 5.41) is 14.5. The largest absolute Gasteiger partial charge is 0.462 e. The monoisotopic (exact) mass is 648 g/mol. The van der Waals surface area contributed by atoms with Gasteiger partial charge in [0.15, 0.2) is 5.82 Å². The highest BCUT2D eigenvalue weighted by Crippen LogP contribution is 2.33. The zero-order valence-corrected chi connectivity index (χ0v) is 28.0. The first-order valence-corrected chi connectivity index (χ1v) is 17.1. The molecule has 2 unspecified atom stereocenters. The first-order chi connectivity index (χ1) is 23.5. The van der Waals surface area contributed by atoms with Gasteiger partial charge in [0.25, 0.3) is 5.56 Å². The first-order valence-electron chi connectivity index (χ1n) is 17.1. The third-order valence-corrected chi connectivity index (χ3v) is 9.28. The minimum absolute atomic E-state index is 0.0702. The smallest absolute Gasteiger partial charge is 0.338 e. The van der Waals surface area contributed by atoms with E-state index in [0.29, 0.717) is 31.0 Å². The molecule has 6 rings (SSSR count). The van der Waals surface area contributed by atoms with Crippen LogP contribution in [0.3, 0.4) is 0 Å². The zero-order valence-electron chi connectivity index (χ0n) is 28.0. The van der Waals surface area contributed by atoms with Gasteiger partial charge < -0.3 is 9.47 Å². The number of aromatic amines is 1. The van der Waals surface area contributed by atoms with E-state index < -0.39 is 0 Å². The molecule has 2 aromatic heterocycles. The predicted molar refractivity (Wildman–Crippen MR) is 185 cm³/mol. The Morgan fingerprint density at radius 2 is 1.71 bits per heavy atom. The molecule has 0 amide bonds. The van der Waals surface area contributed by atoms with Gasteiger partial charge in [0.2, 0.25) is 0 Å². The molecule has 1 aliphatic heterocycles. The standard InChI is InChI=1S/C38H44N6O4/c1-4-6-7-16-35-34(23-27-18-20-28(21-19-27)31-13-10-11-15-33(31)36-39-41-42-40-36)37(45)44-30(22-17-26(3)43(35)44)25-47-24-29-12-8-9-14-32(29)38(46)48-5-2/h8-15,18-21,26,30H,4-7,16-17,22-25H2,1-3H3,(H,39,40,41,42). The van der Waals surface area contributed by atoms with E-state index in [1.165, 1.54) is 0 Å². The van der Waals surface area contributed by atoms with Gasteiger partial charge in [-0.2, -0.15) is 0 Å². The van der Waals surface area contributed by atoms with Crippen LogP contribution in [0.15, 0.2) is 77.6 Å². The molecule has 5 aromatic rings. The molecule has 2 atom stereocenters. The van der Waals surface area contributed by atoms with Crippen LogP contribution in [-0.2, 0) is 28.9 Å². The molecule has 250 valence electrons.